The van der Waals surface area contributed by atoms with Crippen LogP contribution in [0.4, 0.5) is 8.78 Å². The third kappa shape index (κ3) is 8.99. The van der Waals surface area contributed by atoms with Gasteiger partial charge in [-0.1, -0.05) is 39.5 Å². The molecule has 2 aromatic carbocycles. The van der Waals surface area contributed by atoms with Crippen LogP contribution in [0.1, 0.15) is 45.9 Å². The third-order valence-corrected chi connectivity index (χ3v) is 5.51. The first-order valence-corrected chi connectivity index (χ1v) is 11.5. The number of aliphatic hydroxyl groups excluding tert-OH is 1. The number of fused-ring (bicyclic) bond motifs is 3. The van der Waals surface area contributed by atoms with Crippen LogP contribution in [0.3, 0.4) is 0 Å². The van der Waals surface area contributed by atoms with Crippen molar-refractivity contribution in [3.8, 4) is 18.6 Å². The molecule has 7 heteroatoms. The molecule has 1 aliphatic rings. The number of aliphatic hydroxyl groups is 1. The van der Waals surface area contributed by atoms with E-state index in [2.05, 4.69) is 59.4 Å². The summed E-state index contributed by atoms with van der Waals surface area (Å²) in [5, 5.41) is 10.3. The Kier molecular flexibility index (Phi) is 13.0. The number of hydrogen-bond donors (Lipinski definition) is 3. The molecule has 3 N–H and O–H groups in total. The topological polar surface area (TPSA) is 60.5 Å². The van der Waals surface area contributed by atoms with Crippen LogP contribution < -0.4 is 10.3 Å². The quantitative estimate of drug-likeness (QED) is 0.296. The molecule has 0 fully saturated rings. The Labute approximate surface area is 208 Å². The molecule has 1 aromatic heterocycles. The molecule has 1 aliphatic heterocycles. The van der Waals surface area contributed by atoms with Crippen LogP contribution in [0, 0.1) is 30.4 Å². The van der Waals surface area contributed by atoms with Crippen molar-refractivity contribution in [2.75, 3.05) is 19.7 Å². The number of benzene rings is 2. The van der Waals surface area contributed by atoms with Gasteiger partial charge in [-0.05, 0) is 37.3 Å². The number of para-hydroxylation sites is 1. The second-order valence-electron chi connectivity index (χ2n) is 8.68. The summed E-state index contributed by atoms with van der Waals surface area (Å²) >= 11 is 0. The Morgan fingerprint density at radius 3 is 2.46 bits per heavy atom. The molecule has 0 spiro atoms. The van der Waals surface area contributed by atoms with Crippen LogP contribution in [0.25, 0.3) is 10.9 Å². The highest BCUT2D eigenvalue weighted by atomic mass is 19.1. The summed E-state index contributed by atoms with van der Waals surface area (Å²) in [4.78, 5) is 10.9. The van der Waals surface area contributed by atoms with E-state index in [0.29, 0.717) is 18.5 Å². The second kappa shape index (κ2) is 15.2. The van der Waals surface area contributed by atoms with E-state index in [0.717, 1.165) is 44.1 Å². The average molecular weight is 488 g/mol. The molecule has 0 amide bonds. The van der Waals surface area contributed by atoms with Gasteiger partial charge in [0.2, 0.25) is 0 Å². The van der Waals surface area contributed by atoms with E-state index >= 15 is 0 Å². The summed E-state index contributed by atoms with van der Waals surface area (Å²) in [7, 11) is 0. The average Bonchev–Trinajstić information content (AvgIpc) is 3.16. The number of halogens is 2. The number of rotatable bonds is 7. The normalized spacial score (nSPS) is 14.7. The van der Waals surface area contributed by atoms with Crippen molar-refractivity contribution in [3.05, 3.63) is 65.4 Å². The molecule has 0 bridgehead atoms. The molecule has 0 unspecified atom stereocenters. The van der Waals surface area contributed by atoms with E-state index in [9.17, 15) is 8.78 Å². The SMILES string of the molecule is C.C#C.CC(C)CNOc1cc(F)cc(F)c1.C[C@@H]1Cc2c([nH]c3ccccc23)CN1CCCO. The first kappa shape index (κ1) is 30.1. The van der Waals surface area contributed by atoms with Crippen molar-refractivity contribution >= 4 is 10.9 Å². The van der Waals surface area contributed by atoms with Crippen molar-refractivity contribution in [1.29, 1.82) is 0 Å². The summed E-state index contributed by atoms with van der Waals surface area (Å²) in [6.45, 7) is 9.14. The molecule has 5 nitrogen and oxygen atoms in total. The molecule has 0 saturated carbocycles. The predicted molar refractivity (Wildman–Crippen MR) is 140 cm³/mol. The second-order valence-corrected chi connectivity index (χ2v) is 8.68. The molecular formula is C28H39F2N3O2. The summed E-state index contributed by atoms with van der Waals surface area (Å²) < 4.78 is 25.3. The van der Waals surface area contributed by atoms with Crippen molar-refractivity contribution in [3.63, 3.8) is 0 Å². The molecule has 0 saturated heterocycles. The Morgan fingerprint density at radius 2 is 1.83 bits per heavy atom. The Hall–Kier alpha value is -2.92. The van der Waals surface area contributed by atoms with Crippen LogP contribution in [0.5, 0.6) is 5.75 Å². The van der Waals surface area contributed by atoms with Crippen LogP contribution in [-0.4, -0.2) is 40.7 Å². The number of hydrogen-bond acceptors (Lipinski definition) is 4. The van der Waals surface area contributed by atoms with Gasteiger partial charge in [-0.3, -0.25) is 4.90 Å². The van der Waals surface area contributed by atoms with Gasteiger partial charge in [0.1, 0.15) is 11.6 Å². The summed E-state index contributed by atoms with van der Waals surface area (Å²) in [5.74, 6) is -0.741. The van der Waals surface area contributed by atoms with Gasteiger partial charge in [0, 0.05) is 67.1 Å². The fraction of sp³-hybridized carbons (Fsp3) is 0.429. The summed E-state index contributed by atoms with van der Waals surface area (Å²) in [6, 6.07) is 12.2. The van der Waals surface area contributed by atoms with Gasteiger partial charge in [-0.25, -0.2) is 8.78 Å². The summed E-state index contributed by atoms with van der Waals surface area (Å²) in [6.07, 6.45) is 9.96. The first-order chi connectivity index (χ1) is 16.4. The molecular weight excluding hydrogens is 448 g/mol. The Balaban J connectivity index is 0.000000328. The minimum Gasteiger partial charge on any atom is -0.409 e. The zero-order valence-electron chi connectivity index (χ0n) is 20.2. The minimum absolute atomic E-state index is 0. The molecule has 1 atom stereocenters. The molecule has 35 heavy (non-hydrogen) atoms. The molecule has 4 rings (SSSR count). The zero-order chi connectivity index (χ0) is 25.1. The highest BCUT2D eigenvalue weighted by Gasteiger charge is 2.25. The number of terminal acetylenes is 1. The van der Waals surface area contributed by atoms with Crippen molar-refractivity contribution in [2.45, 2.75) is 53.6 Å². The first-order valence-electron chi connectivity index (χ1n) is 11.5. The van der Waals surface area contributed by atoms with Gasteiger partial charge in [-0.15, -0.1) is 12.8 Å². The van der Waals surface area contributed by atoms with E-state index in [1.54, 1.807) is 0 Å². The lowest BCUT2D eigenvalue weighted by Gasteiger charge is -2.33. The lowest BCUT2D eigenvalue weighted by molar-refractivity contribution is 0.162. The van der Waals surface area contributed by atoms with Crippen molar-refractivity contribution in [2.24, 2.45) is 5.92 Å². The number of aromatic amines is 1. The number of aromatic nitrogens is 1. The highest BCUT2D eigenvalue weighted by molar-refractivity contribution is 5.84. The van der Waals surface area contributed by atoms with E-state index in [1.165, 1.54) is 22.2 Å². The molecule has 3 aromatic rings. The van der Waals surface area contributed by atoms with E-state index in [4.69, 9.17) is 9.94 Å². The van der Waals surface area contributed by atoms with Gasteiger partial charge in [0.15, 0.2) is 5.75 Å². The molecule has 2 heterocycles. The molecule has 0 radical (unpaired) electrons. The number of hydroxylamine groups is 1. The van der Waals surface area contributed by atoms with Crippen LogP contribution in [0.15, 0.2) is 42.5 Å². The third-order valence-electron chi connectivity index (χ3n) is 5.51. The van der Waals surface area contributed by atoms with Crippen LogP contribution in [0.2, 0.25) is 0 Å². The van der Waals surface area contributed by atoms with Gasteiger partial charge >= 0.3 is 0 Å². The zero-order valence-corrected chi connectivity index (χ0v) is 20.2. The Morgan fingerprint density at radius 1 is 1.17 bits per heavy atom. The smallest absolute Gasteiger partial charge is 0.152 e. The van der Waals surface area contributed by atoms with Crippen LogP contribution >= 0.6 is 0 Å². The van der Waals surface area contributed by atoms with Gasteiger partial charge in [0.25, 0.3) is 0 Å². The maximum atomic E-state index is 12.7. The summed E-state index contributed by atoms with van der Waals surface area (Å²) in [5.41, 5.74) is 6.71. The standard InChI is InChI=1S/C15H20N2O.C10H13F2NO.C2H2.CH4/c1-11-9-13-12-5-2-3-6-14(12)16-15(13)10-17(11)7-4-8-18;1-7(2)6-13-14-10-4-8(11)3-9(12)5-10;1-2;/h2-3,5-6,11,16,18H,4,7-10H2,1H3;3-5,7,13H,6H2,1-2H3;1-2H;1H4/t11-;;;/m1.../s1. The minimum atomic E-state index is -0.647. The van der Waals surface area contributed by atoms with Crippen molar-refractivity contribution in [1.82, 2.24) is 15.4 Å². The lowest BCUT2D eigenvalue weighted by Crippen LogP contribution is -2.39. The fourth-order valence-electron chi connectivity index (χ4n) is 3.86. The molecule has 192 valence electrons. The Bertz CT molecular complexity index is 1030. The largest absolute Gasteiger partial charge is 0.409 e. The van der Waals surface area contributed by atoms with Gasteiger partial charge in [0.05, 0.1) is 0 Å². The highest BCUT2D eigenvalue weighted by Crippen LogP contribution is 2.30. The monoisotopic (exact) mass is 487 g/mol. The fourth-order valence-corrected chi connectivity index (χ4v) is 3.86. The number of nitrogens with one attached hydrogen (secondary N) is 2. The van der Waals surface area contributed by atoms with Crippen molar-refractivity contribution < 1.29 is 18.7 Å². The van der Waals surface area contributed by atoms with Crippen LogP contribution in [-0.2, 0) is 13.0 Å². The van der Waals surface area contributed by atoms with Gasteiger partial charge in [-0.2, -0.15) is 5.48 Å². The molecule has 0 aliphatic carbocycles. The number of nitrogens with zero attached hydrogens (tertiary/aromatic N) is 1. The van der Waals surface area contributed by atoms with E-state index < -0.39 is 11.6 Å². The van der Waals surface area contributed by atoms with Gasteiger partial charge < -0.3 is 14.9 Å². The lowest BCUT2D eigenvalue weighted by atomic mass is 9.97. The van der Waals surface area contributed by atoms with E-state index in [1.807, 2.05) is 13.8 Å². The van der Waals surface area contributed by atoms with E-state index in [-0.39, 0.29) is 19.8 Å². The maximum Gasteiger partial charge on any atom is 0.152 e. The predicted octanol–water partition coefficient (Wildman–Crippen LogP) is 5.69. The maximum absolute atomic E-state index is 12.7. The number of H-pyrrole nitrogens is 1.